The van der Waals surface area contributed by atoms with Crippen molar-refractivity contribution in [3.63, 3.8) is 0 Å². The van der Waals surface area contributed by atoms with Gasteiger partial charge in [-0.05, 0) is 31.2 Å². The van der Waals surface area contributed by atoms with Crippen LogP contribution in [0.2, 0.25) is 0 Å². The first-order valence-corrected chi connectivity index (χ1v) is 6.90. The molecule has 1 aliphatic rings. The summed E-state index contributed by atoms with van der Waals surface area (Å²) in [6, 6.07) is 1.74. The minimum absolute atomic E-state index is 0.00606. The zero-order valence-electron chi connectivity index (χ0n) is 11.7. The van der Waals surface area contributed by atoms with E-state index < -0.39 is 0 Å². The average molecular weight is 265 g/mol. The first-order valence-electron chi connectivity index (χ1n) is 6.90. The van der Waals surface area contributed by atoms with Crippen molar-refractivity contribution in [2.24, 2.45) is 5.92 Å². The Morgan fingerprint density at radius 2 is 2.26 bits per heavy atom. The van der Waals surface area contributed by atoms with Gasteiger partial charge < -0.3 is 20.3 Å². The molecule has 106 valence electrons. The Morgan fingerprint density at radius 1 is 1.58 bits per heavy atom. The summed E-state index contributed by atoms with van der Waals surface area (Å²) in [4.78, 5) is 14.1. The largest absolute Gasteiger partial charge is 0.397 e. The monoisotopic (exact) mass is 265 g/mol. The summed E-state index contributed by atoms with van der Waals surface area (Å²) in [5.74, 6) is 0.433. The summed E-state index contributed by atoms with van der Waals surface area (Å²) < 4.78 is 1.92. The van der Waals surface area contributed by atoms with Crippen molar-refractivity contribution in [1.82, 2.24) is 9.47 Å². The lowest BCUT2D eigenvalue weighted by Crippen LogP contribution is -2.40. The molecule has 1 aromatic heterocycles. The third-order valence-corrected chi connectivity index (χ3v) is 3.69. The molecule has 1 aliphatic carbocycles. The Hall–Kier alpha value is -1.49. The first-order chi connectivity index (χ1) is 9.01. The first kappa shape index (κ1) is 13.9. The van der Waals surface area contributed by atoms with Crippen molar-refractivity contribution >= 4 is 11.6 Å². The second kappa shape index (κ2) is 5.65. The molecular formula is C14H23N3O2. The fourth-order valence-electron chi connectivity index (χ4n) is 2.65. The van der Waals surface area contributed by atoms with Crippen LogP contribution in [0.3, 0.4) is 0 Å². The van der Waals surface area contributed by atoms with Gasteiger partial charge in [0.1, 0.15) is 5.69 Å². The number of hydrogen-bond acceptors (Lipinski definition) is 3. The van der Waals surface area contributed by atoms with Crippen molar-refractivity contribution in [3.05, 3.63) is 18.0 Å². The number of anilines is 1. The van der Waals surface area contributed by atoms with Gasteiger partial charge in [-0.3, -0.25) is 4.79 Å². The van der Waals surface area contributed by atoms with Gasteiger partial charge in [-0.25, -0.2) is 0 Å². The highest BCUT2D eigenvalue weighted by Gasteiger charge is 2.29. The Kier molecular flexibility index (Phi) is 4.14. The molecule has 1 heterocycles. The van der Waals surface area contributed by atoms with Gasteiger partial charge in [-0.1, -0.05) is 6.92 Å². The number of hydrogen-bond donors (Lipinski definition) is 2. The molecule has 19 heavy (non-hydrogen) atoms. The molecule has 1 amide bonds. The van der Waals surface area contributed by atoms with Crippen LogP contribution in [0.1, 0.15) is 36.7 Å². The normalized spacial score (nSPS) is 22.1. The molecule has 3 N–H and O–H groups in total. The SMILES string of the molecule is CCCn1cc(N)cc1C(=O)N(C)CC1CC(O)C1. The number of aliphatic hydroxyl groups is 1. The Bertz CT molecular complexity index is 450. The van der Waals surface area contributed by atoms with E-state index in [1.807, 2.05) is 17.8 Å². The van der Waals surface area contributed by atoms with Gasteiger partial charge in [0.05, 0.1) is 11.8 Å². The van der Waals surface area contributed by atoms with Gasteiger partial charge in [0, 0.05) is 26.3 Å². The molecule has 5 heteroatoms. The van der Waals surface area contributed by atoms with Crippen LogP contribution in [-0.4, -0.2) is 40.2 Å². The Labute approximate surface area is 114 Å². The Morgan fingerprint density at radius 3 is 2.84 bits per heavy atom. The third kappa shape index (κ3) is 3.10. The fourth-order valence-corrected chi connectivity index (χ4v) is 2.65. The second-order valence-corrected chi connectivity index (χ2v) is 5.53. The molecule has 1 fully saturated rings. The van der Waals surface area contributed by atoms with E-state index in [0.717, 1.165) is 25.8 Å². The van der Waals surface area contributed by atoms with Crippen LogP contribution >= 0.6 is 0 Å². The smallest absolute Gasteiger partial charge is 0.270 e. The topological polar surface area (TPSA) is 71.5 Å². The van der Waals surface area contributed by atoms with Crippen molar-refractivity contribution < 1.29 is 9.90 Å². The quantitative estimate of drug-likeness (QED) is 0.843. The van der Waals surface area contributed by atoms with E-state index in [4.69, 9.17) is 5.73 Å². The standard InChI is InChI=1S/C14H23N3O2/c1-3-4-17-9-11(15)7-13(17)14(19)16(2)8-10-5-12(18)6-10/h7,9-10,12,18H,3-6,8,15H2,1-2H3. The van der Waals surface area contributed by atoms with Gasteiger partial charge in [-0.15, -0.1) is 0 Å². The van der Waals surface area contributed by atoms with Crippen LogP contribution in [-0.2, 0) is 6.54 Å². The lowest BCUT2D eigenvalue weighted by Gasteiger charge is -2.34. The van der Waals surface area contributed by atoms with Crippen LogP contribution in [0.25, 0.3) is 0 Å². The minimum Gasteiger partial charge on any atom is -0.397 e. The summed E-state index contributed by atoms with van der Waals surface area (Å²) in [6.45, 7) is 3.57. The van der Waals surface area contributed by atoms with E-state index in [2.05, 4.69) is 6.92 Å². The fraction of sp³-hybridized carbons (Fsp3) is 0.643. The average Bonchev–Trinajstić information content (AvgIpc) is 2.68. The van der Waals surface area contributed by atoms with E-state index in [-0.39, 0.29) is 12.0 Å². The van der Waals surface area contributed by atoms with Crippen LogP contribution in [0.5, 0.6) is 0 Å². The molecule has 0 atom stereocenters. The molecule has 5 nitrogen and oxygen atoms in total. The summed E-state index contributed by atoms with van der Waals surface area (Å²) in [6.07, 6.45) is 4.21. The highest BCUT2D eigenvalue weighted by atomic mass is 16.3. The summed E-state index contributed by atoms with van der Waals surface area (Å²) >= 11 is 0. The molecule has 0 bridgehead atoms. The summed E-state index contributed by atoms with van der Waals surface area (Å²) in [5, 5.41) is 9.28. The molecule has 0 aliphatic heterocycles. The summed E-state index contributed by atoms with van der Waals surface area (Å²) in [7, 11) is 1.81. The number of carbonyl (C=O) groups excluding carboxylic acids is 1. The molecule has 2 rings (SSSR count). The number of aryl methyl sites for hydroxylation is 1. The number of nitrogens with zero attached hydrogens (tertiary/aromatic N) is 2. The maximum Gasteiger partial charge on any atom is 0.270 e. The van der Waals surface area contributed by atoms with E-state index in [0.29, 0.717) is 23.8 Å². The molecule has 0 radical (unpaired) electrons. The molecule has 0 unspecified atom stereocenters. The van der Waals surface area contributed by atoms with Crippen molar-refractivity contribution in [2.75, 3.05) is 19.3 Å². The Balaban J connectivity index is 2.01. The third-order valence-electron chi connectivity index (χ3n) is 3.69. The van der Waals surface area contributed by atoms with Gasteiger partial charge in [0.2, 0.25) is 0 Å². The van der Waals surface area contributed by atoms with Crippen LogP contribution in [0, 0.1) is 5.92 Å². The number of nitrogens with two attached hydrogens (primary N) is 1. The second-order valence-electron chi connectivity index (χ2n) is 5.53. The van der Waals surface area contributed by atoms with Gasteiger partial charge in [-0.2, -0.15) is 0 Å². The molecule has 1 saturated carbocycles. The van der Waals surface area contributed by atoms with Gasteiger partial charge in [0.25, 0.3) is 5.91 Å². The van der Waals surface area contributed by atoms with Crippen LogP contribution in [0.4, 0.5) is 5.69 Å². The van der Waals surface area contributed by atoms with E-state index in [9.17, 15) is 9.90 Å². The molecular weight excluding hydrogens is 242 g/mol. The van der Waals surface area contributed by atoms with E-state index in [1.54, 1.807) is 11.0 Å². The minimum atomic E-state index is -0.173. The van der Waals surface area contributed by atoms with E-state index in [1.165, 1.54) is 0 Å². The number of rotatable bonds is 5. The van der Waals surface area contributed by atoms with Gasteiger partial charge in [0.15, 0.2) is 0 Å². The number of aromatic nitrogens is 1. The molecule has 0 aromatic carbocycles. The van der Waals surface area contributed by atoms with Crippen LogP contribution in [0.15, 0.2) is 12.3 Å². The number of aliphatic hydroxyl groups excluding tert-OH is 1. The predicted molar refractivity (Wildman–Crippen MR) is 74.8 cm³/mol. The maximum absolute atomic E-state index is 12.4. The highest BCUT2D eigenvalue weighted by Crippen LogP contribution is 2.28. The van der Waals surface area contributed by atoms with E-state index >= 15 is 0 Å². The lowest BCUT2D eigenvalue weighted by molar-refractivity contribution is 0.0262. The predicted octanol–water partition coefficient (Wildman–Crippen LogP) is 1.32. The lowest BCUT2D eigenvalue weighted by atomic mass is 9.82. The molecule has 0 spiro atoms. The zero-order valence-corrected chi connectivity index (χ0v) is 11.7. The van der Waals surface area contributed by atoms with Crippen molar-refractivity contribution in [1.29, 1.82) is 0 Å². The number of amides is 1. The van der Waals surface area contributed by atoms with Crippen molar-refractivity contribution in [2.45, 2.75) is 38.8 Å². The van der Waals surface area contributed by atoms with Crippen LogP contribution < -0.4 is 5.73 Å². The summed E-state index contributed by atoms with van der Waals surface area (Å²) in [5.41, 5.74) is 7.06. The zero-order chi connectivity index (χ0) is 14.0. The highest BCUT2D eigenvalue weighted by molar-refractivity contribution is 5.93. The molecule has 1 aromatic rings. The maximum atomic E-state index is 12.4. The molecule has 0 saturated heterocycles. The number of carbonyl (C=O) groups is 1. The van der Waals surface area contributed by atoms with Crippen molar-refractivity contribution in [3.8, 4) is 0 Å². The number of nitrogen functional groups attached to an aromatic ring is 1. The van der Waals surface area contributed by atoms with Gasteiger partial charge >= 0.3 is 0 Å².